The van der Waals surface area contributed by atoms with Gasteiger partial charge in [-0.05, 0) is 51.5 Å². The highest BCUT2D eigenvalue weighted by atomic mass is 16.5. The summed E-state index contributed by atoms with van der Waals surface area (Å²) in [4.78, 5) is 14.7. The van der Waals surface area contributed by atoms with Gasteiger partial charge in [0.05, 0.1) is 30.6 Å². The molecule has 7 nitrogen and oxygen atoms in total. The molecule has 1 heterocycles. The normalized spacial score (nSPS) is 11.7. The summed E-state index contributed by atoms with van der Waals surface area (Å²) in [7, 11) is 1.61. The number of hydrogen-bond acceptors (Lipinski definition) is 4. The van der Waals surface area contributed by atoms with E-state index in [0.717, 1.165) is 23.4 Å². The number of para-hydroxylation sites is 3. The topological polar surface area (TPSA) is 68.6 Å². The van der Waals surface area contributed by atoms with E-state index in [1.165, 1.54) is 0 Å². The van der Waals surface area contributed by atoms with Crippen molar-refractivity contribution in [2.45, 2.75) is 46.7 Å². The highest BCUT2D eigenvalue weighted by Gasteiger charge is 2.26. The number of ether oxygens (including phenoxy) is 2. The first kappa shape index (κ1) is 23.2. The maximum absolute atomic E-state index is 12.8. The van der Waals surface area contributed by atoms with E-state index in [0.29, 0.717) is 30.5 Å². The molecule has 0 aliphatic rings. The second kappa shape index (κ2) is 10.7. The number of aryl methyl sites for hydroxylation is 1. The lowest BCUT2D eigenvalue weighted by atomic mass is 10.1. The van der Waals surface area contributed by atoms with Crippen LogP contribution in [0.15, 0.2) is 54.6 Å². The summed E-state index contributed by atoms with van der Waals surface area (Å²) in [5.74, 6) is 1.77. The molecule has 2 amide bonds. The molecule has 0 aliphatic carbocycles. The summed E-state index contributed by atoms with van der Waals surface area (Å²) >= 11 is 0. The van der Waals surface area contributed by atoms with Gasteiger partial charge in [0, 0.05) is 12.6 Å². The number of rotatable bonds is 9. The van der Waals surface area contributed by atoms with Crippen LogP contribution < -0.4 is 14.8 Å². The van der Waals surface area contributed by atoms with Crippen LogP contribution in [0.4, 0.5) is 4.79 Å². The number of methoxy groups -OCH3 is 1. The number of aromatic nitrogens is 2. The van der Waals surface area contributed by atoms with Crippen LogP contribution in [0.5, 0.6) is 17.4 Å². The van der Waals surface area contributed by atoms with Crippen molar-refractivity contribution in [1.82, 2.24) is 20.0 Å². The fourth-order valence-corrected chi connectivity index (χ4v) is 3.45. The van der Waals surface area contributed by atoms with Gasteiger partial charge in [-0.15, -0.1) is 0 Å². The van der Waals surface area contributed by atoms with Gasteiger partial charge in [-0.2, -0.15) is 5.10 Å². The summed E-state index contributed by atoms with van der Waals surface area (Å²) < 4.78 is 13.7. The van der Waals surface area contributed by atoms with Crippen molar-refractivity contribution in [2.24, 2.45) is 0 Å². The zero-order chi connectivity index (χ0) is 23.1. The molecule has 1 N–H and O–H groups in total. The molecule has 0 bridgehead atoms. The molecule has 3 aromatic rings. The lowest BCUT2D eigenvalue weighted by molar-refractivity contribution is 0.173. The molecule has 1 aromatic heterocycles. The van der Waals surface area contributed by atoms with Crippen LogP contribution in [0, 0.1) is 6.92 Å². The molecule has 1 atom stereocenters. The SMILES string of the molecule is CCNC(=O)N(Cc1c(C)nn(-c2ccccc2)c1Oc1ccccc1OC)[C@@H](C)CC. The zero-order valence-electron chi connectivity index (χ0n) is 19.5. The van der Waals surface area contributed by atoms with Gasteiger partial charge in [0.2, 0.25) is 5.88 Å². The standard InChI is InChI=1S/C25H32N4O3/c1-6-18(3)28(25(30)26-7-2)17-21-19(4)27-29(20-13-9-8-10-14-20)24(21)32-23-16-12-11-15-22(23)31-5/h8-16,18H,6-7,17H2,1-5H3,(H,26,30)/t18-/m0/s1. The van der Waals surface area contributed by atoms with E-state index in [9.17, 15) is 4.79 Å². The highest BCUT2D eigenvalue weighted by molar-refractivity contribution is 5.74. The number of hydrogen-bond donors (Lipinski definition) is 1. The summed E-state index contributed by atoms with van der Waals surface area (Å²) in [6.07, 6.45) is 0.839. The number of nitrogens with one attached hydrogen (secondary N) is 1. The predicted octanol–water partition coefficient (Wildman–Crippen LogP) is 5.31. The number of nitrogens with zero attached hydrogens (tertiary/aromatic N) is 3. The molecule has 7 heteroatoms. The van der Waals surface area contributed by atoms with Crippen LogP contribution in [0.2, 0.25) is 0 Å². The number of urea groups is 1. The Morgan fingerprint density at radius 3 is 2.38 bits per heavy atom. The number of amides is 2. The average Bonchev–Trinajstić information content (AvgIpc) is 3.12. The third-order valence-electron chi connectivity index (χ3n) is 5.45. The van der Waals surface area contributed by atoms with Gasteiger partial charge in [-0.1, -0.05) is 37.3 Å². The molecule has 0 radical (unpaired) electrons. The van der Waals surface area contributed by atoms with Crippen molar-refractivity contribution in [2.75, 3.05) is 13.7 Å². The van der Waals surface area contributed by atoms with Crippen molar-refractivity contribution in [1.29, 1.82) is 0 Å². The Morgan fingerprint density at radius 2 is 1.75 bits per heavy atom. The molecule has 2 aromatic carbocycles. The van der Waals surface area contributed by atoms with Crippen LogP contribution in [0.1, 0.15) is 38.4 Å². The van der Waals surface area contributed by atoms with Gasteiger partial charge in [-0.3, -0.25) is 0 Å². The Bertz CT molecular complexity index is 1030. The van der Waals surface area contributed by atoms with Crippen LogP contribution >= 0.6 is 0 Å². The summed E-state index contributed by atoms with van der Waals surface area (Å²) in [5, 5.41) is 7.69. The smallest absolute Gasteiger partial charge is 0.317 e. The maximum atomic E-state index is 12.8. The molecule has 0 fully saturated rings. The van der Waals surface area contributed by atoms with E-state index in [-0.39, 0.29) is 12.1 Å². The van der Waals surface area contributed by atoms with E-state index in [4.69, 9.17) is 14.6 Å². The van der Waals surface area contributed by atoms with Crippen molar-refractivity contribution in [3.05, 3.63) is 65.9 Å². The molecule has 170 valence electrons. The third kappa shape index (κ3) is 5.04. The molecule has 0 spiro atoms. The van der Waals surface area contributed by atoms with Gasteiger partial charge in [0.25, 0.3) is 0 Å². The molecular formula is C25H32N4O3. The second-order valence-electron chi connectivity index (χ2n) is 7.59. The van der Waals surface area contributed by atoms with Gasteiger partial charge in [0.1, 0.15) is 0 Å². The highest BCUT2D eigenvalue weighted by Crippen LogP contribution is 2.36. The fourth-order valence-electron chi connectivity index (χ4n) is 3.45. The van der Waals surface area contributed by atoms with Crippen molar-refractivity contribution < 1.29 is 14.3 Å². The van der Waals surface area contributed by atoms with E-state index in [1.807, 2.05) is 80.3 Å². The minimum absolute atomic E-state index is 0.0557. The largest absolute Gasteiger partial charge is 0.493 e. The van der Waals surface area contributed by atoms with Crippen molar-refractivity contribution >= 4 is 6.03 Å². The van der Waals surface area contributed by atoms with Gasteiger partial charge < -0.3 is 19.7 Å². The first-order valence-electron chi connectivity index (χ1n) is 11.0. The predicted molar refractivity (Wildman–Crippen MR) is 126 cm³/mol. The quantitative estimate of drug-likeness (QED) is 0.493. The molecule has 0 aliphatic heterocycles. The molecule has 0 saturated carbocycles. The lowest BCUT2D eigenvalue weighted by Gasteiger charge is -2.29. The Labute approximate surface area is 190 Å². The second-order valence-corrected chi connectivity index (χ2v) is 7.59. The van der Waals surface area contributed by atoms with Crippen molar-refractivity contribution in [3.63, 3.8) is 0 Å². The summed E-state index contributed by atoms with van der Waals surface area (Å²) in [6, 6.07) is 17.3. The van der Waals surface area contributed by atoms with Crippen LogP contribution in [-0.4, -0.2) is 40.4 Å². The molecule has 32 heavy (non-hydrogen) atoms. The molecule has 3 rings (SSSR count). The fraction of sp³-hybridized carbons (Fsp3) is 0.360. The maximum Gasteiger partial charge on any atom is 0.317 e. The van der Waals surface area contributed by atoms with Crippen LogP contribution in [0.25, 0.3) is 5.69 Å². The number of carbonyl (C=O) groups excluding carboxylic acids is 1. The molecular weight excluding hydrogens is 404 g/mol. The zero-order valence-corrected chi connectivity index (χ0v) is 19.5. The van der Waals surface area contributed by atoms with E-state index < -0.39 is 0 Å². The first-order chi connectivity index (χ1) is 15.5. The van der Waals surface area contributed by atoms with Gasteiger partial charge in [0.15, 0.2) is 11.5 Å². The van der Waals surface area contributed by atoms with Crippen LogP contribution in [0.3, 0.4) is 0 Å². The summed E-state index contributed by atoms with van der Waals surface area (Å²) in [6.45, 7) is 8.93. The summed E-state index contributed by atoms with van der Waals surface area (Å²) in [5.41, 5.74) is 2.53. The first-order valence-corrected chi connectivity index (χ1v) is 11.0. The third-order valence-corrected chi connectivity index (χ3v) is 5.45. The van der Waals surface area contributed by atoms with E-state index >= 15 is 0 Å². The Kier molecular flexibility index (Phi) is 7.76. The van der Waals surface area contributed by atoms with E-state index in [2.05, 4.69) is 12.2 Å². The number of benzene rings is 2. The number of carbonyl (C=O) groups is 1. The van der Waals surface area contributed by atoms with E-state index in [1.54, 1.807) is 11.8 Å². The Balaban J connectivity index is 2.10. The average molecular weight is 437 g/mol. The molecule has 0 saturated heterocycles. The van der Waals surface area contributed by atoms with Gasteiger partial charge in [-0.25, -0.2) is 9.48 Å². The Hall–Kier alpha value is -3.48. The van der Waals surface area contributed by atoms with Crippen molar-refractivity contribution in [3.8, 4) is 23.1 Å². The minimum Gasteiger partial charge on any atom is -0.493 e. The molecule has 0 unspecified atom stereocenters. The van der Waals surface area contributed by atoms with Crippen LogP contribution in [-0.2, 0) is 6.54 Å². The lowest BCUT2D eigenvalue weighted by Crippen LogP contribution is -2.44. The Morgan fingerprint density at radius 1 is 1.09 bits per heavy atom. The van der Waals surface area contributed by atoms with Gasteiger partial charge >= 0.3 is 6.03 Å². The monoisotopic (exact) mass is 436 g/mol. The minimum atomic E-state index is -0.100.